The molecule has 0 radical (unpaired) electrons. The van der Waals surface area contributed by atoms with Crippen molar-refractivity contribution in [1.82, 2.24) is 19.9 Å². The lowest BCUT2D eigenvalue weighted by molar-refractivity contribution is 0.0322. The van der Waals surface area contributed by atoms with Gasteiger partial charge in [0, 0.05) is 42.9 Å². The number of aliphatic hydroxyl groups excluding tert-OH is 1. The van der Waals surface area contributed by atoms with Crippen LogP contribution in [0.3, 0.4) is 0 Å². The number of halogens is 1. The lowest BCUT2D eigenvalue weighted by Gasteiger charge is -2.26. The van der Waals surface area contributed by atoms with Gasteiger partial charge in [-0.3, -0.25) is 9.69 Å². The zero-order chi connectivity index (χ0) is 26.6. The minimum absolute atomic E-state index is 0.229. The molecule has 1 fully saturated rings. The molecule has 2 aromatic heterocycles. The number of morpholine rings is 1. The van der Waals surface area contributed by atoms with Gasteiger partial charge in [-0.1, -0.05) is 28.1 Å². The van der Waals surface area contributed by atoms with Crippen molar-refractivity contribution in [1.29, 1.82) is 0 Å². The fourth-order valence-electron chi connectivity index (χ4n) is 4.58. The van der Waals surface area contributed by atoms with E-state index in [1.807, 2.05) is 44.2 Å². The molecule has 1 saturated heterocycles. The van der Waals surface area contributed by atoms with Crippen LogP contribution in [0.4, 0.5) is 5.69 Å². The minimum Gasteiger partial charge on any atom is -0.492 e. The Morgan fingerprint density at radius 2 is 2.00 bits per heavy atom. The maximum atomic E-state index is 12.9. The lowest BCUT2D eigenvalue weighted by atomic mass is 10.1. The van der Waals surface area contributed by atoms with E-state index in [-0.39, 0.29) is 12.1 Å². The van der Waals surface area contributed by atoms with E-state index in [0.717, 1.165) is 70.8 Å². The highest BCUT2D eigenvalue weighted by Gasteiger charge is 2.18. The van der Waals surface area contributed by atoms with Crippen LogP contribution in [0, 0.1) is 13.8 Å². The number of aromatic amines is 2. The van der Waals surface area contributed by atoms with Crippen molar-refractivity contribution in [2.75, 3.05) is 51.3 Å². The predicted molar refractivity (Wildman–Crippen MR) is 152 cm³/mol. The number of pyridine rings is 1. The first-order chi connectivity index (χ1) is 18.4. The zero-order valence-corrected chi connectivity index (χ0v) is 23.1. The summed E-state index contributed by atoms with van der Waals surface area (Å²) < 4.78 is 12.4. The number of aryl methyl sites for hydroxylation is 2. The maximum absolute atomic E-state index is 12.9. The molecule has 10 heteroatoms. The van der Waals surface area contributed by atoms with Gasteiger partial charge in [-0.15, -0.1) is 0 Å². The van der Waals surface area contributed by atoms with Crippen LogP contribution in [0.2, 0.25) is 0 Å². The number of ether oxygens (including phenoxy) is 2. The van der Waals surface area contributed by atoms with E-state index in [2.05, 4.69) is 36.1 Å². The first-order valence-corrected chi connectivity index (χ1v) is 13.5. The summed E-state index contributed by atoms with van der Waals surface area (Å²) in [6, 6.07) is 11.4. The first kappa shape index (κ1) is 26.4. The highest BCUT2D eigenvalue weighted by atomic mass is 79.9. The van der Waals surface area contributed by atoms with Gasteiger partial charge in [0.25, 0.3) is 5.56 Å². The van der Waals surface area contributed by atoms with Gasteiger partial charge in [0.1, 0.15) is 23.7 Å². The highest BCUT2D eigenvalue weighted by molar-refractivity contribution is 9.10. The molecular formula is C28H32BrN5O4. The van der Waals surface area contributed by atoms with E-state index >= 15 is 0 Å². The summed E-state index contributed by atoms with van der Waals surface area (Å²) in [4.78, 5) is 26.0. The number of nitrogens with one attached hydrogen (secondary N) is 3. The highest BCUT2D eigenvalue weighted by Crippen LogP contribution is 2.29. The van der Waals surface area contributed by atoms with Crippen LogP contribution in [0.1, 0.15) is 22.8 Å². The SMILES string of the molecule is Cc1ccc([C@H](O)CNc2cc[nH]c(=O)c2-c2nc3c(C)cc(OCCN4CCOCC4)cc3[nH]2)cc1Br. The summed E-state index contributed by atoms with van der Waals surface area (Å²) in [6.45, 7) is 9.00. The number of fused-ring (bicyclic) bond motifs is 1. The molecule has 0 bridgehead atoms. The van der Waals surface area contributed by atoms with Gasteiger partial charge in [-0.25, -0.2) is 4.98 Å². The quantitative estimate of drug-likeness (QED) is 0.234. The molecule has 38 heavy (non-hydrogen) atoms. The van der Waals surface area contributed by atoms with Crippen LogP contribution >= 0.6 is 15.9 Å². The third-order valence-electron chi connectivity index (χ3n) is 6.79. The normalized spacial score (nSPS) is 15.1. The Labute approximate surface area is 229 Å². The van der Waals surface area contributed by atoms with Crippen LogP contribution in [-0.2, 0) is 4.74 Å². The summed E-state index contributed by atoms with van der Waals surface area (Å²) in [7, 11) is 0. The Balaban J connectivity index is 1.34. The second kappa shape index (κ2) is 11.7. The number of anilines is 1. The van der Waals surface area contributed by atoms with Gasteiger partial charge < -0.3 is 29.9 Å². The van der Waals surface area contributed by atoms with E-state index in [9.17, 15) is 9.90 Å². The number of nitrogens with zero attached hydrogens (tertiary/aromatic N) is 2. The fourth-order valence-corrected chi connectivity index (χ4v) is 4.97. The molecule has 0 saturated carbocycles. The van der Waals surface area contributed by atoms with E-state index < -0.39 is 6.10 Å². The van der Waals surface area contributed by atoms with Gasteiger partial charge in [-0.2, -0.15) is 0 Å². The number of rotatable bonds is 9. The van der Waals surface area contributed by atoms with E-state index in [1.54, 1.807) is 12.3 Å². The van der Waals surface area contributed by atoms with Crippen molar-refractivity contribution in [2.24, 2.45) is 0 Å². The van der Waals surface area contributed by atoms with E-state index in [0.29, 0.717) is 23.7 Å². The number of aromatic nitrogens is 3. The first-order valence-electron chi connectivity index (χ1n) is 12.7. The van der Waals surface area contributed by atoms with Gasteiger partial charge in [0.05, 0.1) is 36.0 Å². The van der Waals surface area contributed by atoms with Crippen LogP contribution in [0.25, 0.3) is 22.4 Å². The molecule has 1 aliphatic rings. The molecule has 0 aliphatic carbocycles. The van der Waals surface area contributed by atoms with Crippen LogP contribution < -0.4 is 15.6 Å². The van der Waals surface area contributed by atoms with Crippen molar-refractivity contribution < 1.29 is 14.6 Å². The molecule has 0 unspecified atom stereocenters. The molecule has 200 valence electrons. The fraction of sp³-hybridized carbons (Fsp3) is 0.357. The molecule has 1 aliphatic heterocycles. The average Bonchev–Trinajstić information content (AvgIpc) is 3.34. The monoisotopic (exact) mass is 581 g/mol. The van der Waals surface area contributed by atoms with Crippen LogP contribution in [-0.4, -0.2) is 71.0 Å². The van der Waals surface area contributed by atoms with Gasteiger partial charge in [-0.05, 0) is 48.7 Å². The molecule has 3 heterocycles. The Morgan fingerprint density at radius 1 is 1.18 bits per heavy atom. The maximum Gasteiger partial charge on any atom is 0.261 e. The summed E-state index contributed by atoms with van der Waals surface area (Å²) in [5.74, 6) is 1.21. The average molecular weight is 582 g/mol. The second-order valence-electron chi connectivity index (χ2n) is 9.53. The van der Waals surface area contributed by atoms with Crippen molar-refractivity contribution in [3.05, 3.63) is 74.1 Å². The largest absolute Gasteiger partial charge is 0.492 e. The van der Waals surface area contributed by atoms with Crippen molar-refractivity contribution >= 4 is 32.7 Å². The van der Waals surface area contributed by atoms with Crippen molar-refractivity contribution in [3.8, 4) is 17.1 Å². The molecule has 2 aromatic carbocycles. The Bertz CT molecular complexity index is 1480. The topological polar surface area (TPSA) is 116 Å². The molecule has 4 aromatic rings. The molecule has 4 N–H and O–H groups in total. The van der Waals surface area contributed by atoms with Crippen LogP contribution in [0.5, 0.6) is 5.75 Å². The standard InChI is InChI=1S/C28H32BrN5O4/c1-17-3-4-19(14-21(17)29)24(35)16-31-22-5-6-30-28(36)25(22)27-32-23-15-20(13-18(2)26(23)33-27)38-12-9-34-7-10-37-11-8-34/h3-6,13-15,24,35H,7-12,16H2,1-2H3,(H,32,33)(H2,30,31,36)/t24-/m1/s1. The number of benzene rings is 2. The second-order valence-corrected chi connectivity index (χ2v) is 10.4. The number of hydrogen-bond donors (Lipinski definition) is 4. The van der Waals surface area contributed by atoms with Gasteiger partial charge >= 0.3 is 0 Å². The molecular weight excluding hydrogens is 550 g/mol. The summed E-state index contributed by atoms with van der Waals surface area (Å²) in [5, 5.41) is 14.0. The molecule has 0 spiro atoms. The van der Waals surface area contributed by atoms with Crippen LogP contribution in [0.15, 0.2) is 51.9 Å². The molecule has 1 atom stereocenters. The Morgan fingerprint density at radius 3 is 2.79 bits per heavy atom. The summed E-state index contributed by atoms with van der Waals surface area (Å²) >= 11 is 3.52. The summed E-state index contributed by atoms with van der Waals surface area (Å²) in [5.41, 5.74) is 5.08. The smallest absolute Gasteiger partial charge is 0.261 e. The predicted octanol–water partition coefficient (Wildman–Crippen LogP) is 4.15. The zero-order valence-electron chi connectivity index (χ0n) is 21.5. The Kier molecular flexibility index (Phi) is 8.13. The molecule has 0 amide bonds. The number of hydrogen-bond acceptors (Lipinski definition) is 7. The third-order valence-corrected chi connectivity index (χ3v) is 7.65. The van der Waals surface area contributed by atoms with Gasteiger partial charge in [0.2, 0.25) is 0 Å². The molecule has 9 nitrogen and oxygen atoms in total. The number of aliphatic hydroxyl groups is 1. The van der Waals surface area contributed by atoms with E-state index in [4.69, 9.17) is 14.5 Å². The number of H-pyrrole nitrogens is 2. The minimum atomic E-state index is -0.755. The Hall–Kier alpha value is -3.18. The number of imidazole rings is 1. The van der Waals surface area contributed by atoms with Gasteiger partial charge in [0.15, 0.2) is 0 Å². The van der Waals surface area contributed by atoms with Crippen molar-refractivity contribution in [2.45, 2.75) is 20.0 Å². The lowest BCUT2D eigenvalue weighted by Crippen LogP contribution is -2.38. The van der Waals surface area contributed by atoms with E-state index in [1.165, 1.54) is 0 Å². The third kappa shape index (κ3) is 5.94. The van der Waals surface area contributed by atoms with Crippen molar-refractivity contribution in [3.63, 3.8) is 0 Å². The summed E-state index contributed by atoms with van der Waals surface area (Å²) in [6.07, 6.45) is 0.825. The molecule has 5 rings (SSSR count).